The van der Waals surface area contributed by atoms with Crippen LogP contribution in [0.2, 0.25) is 0 Å². The molecule has 5 heteroatoms. The lowest BCUT2D eigenvalue weighted by Gasteiger charge is -2.14. The van der Waals surface area contributed by atoms with Crippen LogP contribution in [0.3, 0.4) is 0 Å². The summed E-state index contributed by atoms with van der Waals surface area (Å²) in [4.78, 5) is 14.0. The number of nitrogen functional groups attached to an aromatic ring is 1. The van der Waals surface area contributed by atoms with Crippen molar-refractivity contribution in [3.63, 3.8) is 0 Å². The van der Waals surface area contributed by atoms with Crippen LogP contribution in [-0.2, 0) is 0 Å². The highest BCUT2D eigenvalue weighted by Gasteiger charge is 2.12. The Morgan fingerprint density at radius 3 is 2.65 bits per heavy atom. The summed E-state index contributed by atoms with van der Waals surface area (Å²) in [5.41, 5.74) is 7.39. The molecule has 4 nitrogen and oxygen atoms in total. The first kappa shape index (κ1) is 13.9. The number of carbonyl (C=O) groups excluding carboxylic acids is 1. The van der Waals surface area contributed by atoms with Crippen molar-refractivity contribution in [2.45, 2.75) is 0 Å². The van der Waals surface area contributed by atoms with Gasteiger partial charge in [-0.25, -0.2) is 4.39 Å². The molecule has 1 amide bonds. The SMILES string of the molecule is CN(C)c1cccc(NC(=O)c2cc(N)ccc2F)c1. The molecule has 2 aromatic rings. The Labute approximate surface area is 117 Å². The molecule has 20 heavy (non-hydrogen) atoms. The first-order chi connectivity index (χ1) is 9.47. The zero-order valence-electron chi connectivity index (χ0n) is 11.4. The van der Waals surface area contributed by atoms with Crippen LogP contribution in [0, 0.1) is 5.82 Å². The summed E-state index contributed by atoms with van der Waals surface area (Å²) in [6.07, 6.45) is 0. The van der Waals surface area contributed by atoms with Crippen LogP contribution in [0.4, 0.5) is 21.5 Å². The largest absolute Gasteiger partial charge is 0.399 e. The molecule has 0 atom stereocenters. The molecule has 0 aliphatic rings. The second kappa shape index (κ2) is 5.61. The van der Waals surface area contributed by atoms with Crippen LogP contribution in [0.5, 0.6) is 0 Å². The van der Waals surface area contributed by atoms with Gasteiger partial charge in [0.1, 0.15) is 5.82 Å². The van der Waals surface area contributed by atoms with Crippen molar-refractivity contribution < 1.29 is 9.18 Å². The fourth-order valence-electron chi connectivity index (χ4n) is 1.78. The molecule has 0 heterocycles. The van der Waals surface area contributed by atoms with Gasteiger partial charge in [-0.05, 0) is 36.4 Å². The number of nitrogens with two attached hydrogens (primary N) is 1. The van der Waals surface area contributed by atoms with E-state index in [1.165, 1.54) is 18.2 Å². The molecule has 0 bridgehead atoms. The van der Waals surface area contributed by atoms with E-state index >= 15 is 0 Å². The van der Waals surface area contributed by atoms with Crippen LogP contribution >= 0.6 is 0 Å². The van der Waals surface area contributed by atoms with Gasteiger partial charge in [-0.1, -0.05) is 6.07 Å². The molecule has 2 rings (SSSR count). The van der Waals surface area contributed by atoms with Crippen molar-refractivity contribution in [2.75, 3.05) is 30.0 Å². The monoisotopic (exact) mass is 273 g/mol. The van der Waals surface area contributed by atoms with Crippen molar-refractivity contribution in [2.24, 2.45) is 0 Å². The third-order valence-corrected chi connectivity index (χ3v) is 2.86. The van der Waals surface area contributed by atoms with Crippen LogP contribution in [0.1, 0.15) is 10.4 Å². The Morgan fingerprint density at radius 1 is 1.20 bits per heavy atom. The molecule has 0 saturated carbocycles. The number of rotatable bonds is 3. The first-order valence-corrected chi connectivity index (χ1v) is 6.11. The highest BCUT2D eigenvalue weighted by molar-refractivity contribution is 6.05. The number of halogens is 1. The summed E-state index contributed by atoms with van der Waals surface area (Å²) in [7, 11) is 3.80. The van der Waals surface area contributed by atoms with E-state index in [2.05, 4.69) is 5.32 Å². The number of hydrogen-bond acceptors (Lipinski definition) is 3. The van der Waals surface area contributed by atoms with Gasteiger partial charge >= 0.3 is 0 Å². The summed E-state index contributed by atoms with van der Waals surface area (Å²) in [5, 5.41) is 2.66. The average Bonchev–Trinajstić information content (AvgIpc) is 2.41. The minimum atomic E-state index is -0.597. The topological polar surface area (TPSA) is 58.4 Å². The minimum Gasteiger partial charge on any atom is -0.399 e. The van der Waals surface area contributed by atoms with Gasteiger partial charge in [0, 0.05) is 31.2 Å². The maximum atomic E-state index is 13.6. The standard InChI is InChI=1S/C15H16FN3O/c1-19(2)12-5-3-4-11(9-12)18-15(20)13-8-10(17)6-7-14(13)16/h3-9H,17H2,1-2H3,(H,18,20). The van der Waals surface area contributed by atoms with Gasteiger partial charge < -0.3 is 16.0 Å². The van der Waals surface area contributed by atoms with E-state index < -0.39 is 11.7 Å². The second-order valence-corrected chi connectivity index (χ2v) is 4.64. The summed E-state index contributed by atoms with van der Waals surface area (Å²) < 4.78 is 13.6. The number of hydrogen-bond donors (Lipinski definition) is 2. The van der Waals surface area contributed by atoms with E-state index in [-0.39, 0.29) is 5.56 Å². The van der Waals surface area contributed by atoms with E-state index in [0.717, 1.165) is 5.69 Å². The van der Waals surface area contributed by atoms with Gasteiger partial charge in [-0.2, -0.15) is 0 Å². The van der Waals surface area contributed by atoms with Crippen molar-refractivity contribution >= 4 is 23.0 Å². The quantitative estimate of drug-likeness (QED) is 0.845. The Hall–Kier alpha value is -2.56. The van der Waals surface area contributed by atoms with Gasteiger partial charge in [0.05, 0.1) is 5.56 Å². The maximum Gasteiger partial charge on any atom is 0.258 e. The van der Waals surface area contributed by atoms with Crippen molar-refractivity contribution in [1.29, 1.82) is 0 Å². The van der Waals surface area contributed by atoms with E-state index in [0.29, 0.717) is 11.4 Å². The van der Waals surface area contributed by atoms with Gasteiger partial charge in [0.25, 0.3) is 5.91 Å². The molecule has 3 N–H and O–H groups in total. The molecule has 0 saturated heterocycles. The Balaban J connectivity index is 2.23. The number of anilines is 3. The number of carbonyl (C=O) groups is 1. The second-order valence-electron chi connectivity index (χ2n) is 4.64. The Morgan fingerprint density at radius 2 is 1.95 bits per heavy atom. The molecule has 0 spiro atoms. The summed E-state index contributed by atoms with van der Waals surface area (Å²) in [5.74, 6) is -1.12. The molecular formula is C15H16FN3O. The minimum absolute atomic E-state index is 0.0692. The van der Waals surface area contributed by atoms with Crippen LogP contribution in [-0.4, -0.2) is 20.0 Å². The predicted molar refractivity (Wildman–Crippen MR) is 79.5 cm³/mol. The normalized spacial score (nSPS) is 10.2. The maximum absolute atomic E-state index is 13.6. The third-order valence-electron chi connectivity index (χ3n) is 2.86. The average molecular weight is 273 g/mol. The van der Waals surface area contributed by atoms with Crippen molar-refractivity contribution in [3.8, 4) is 0 Å². The van der Waals surface area contributed by atoms with E-state index in [4.69, 9.17) is 5.73 Å². The summed E-state index contributed by atoms with van der Waals surface area (Å²) >= 11 is 0. The lowest BCUT2D eigenvalue weighted by Crippen LogP contribution is -2.15. The zero-order chi connectivity index (χ0) is 14.7. The highest BCUT2D eigenvalue weighted by Crippen LogP contribution is 2.19. The number of nitrogens with one attached hydrogen (secondary N) is 1. The summed E-state index contributed by atoms with van der Waals surface area (Å²) in [6, 6.07) is 11.2. The van der Waals surface area contributed by atoms with Crippen molar-refractivity contribution in [3.05, 3.63) is 53.8 Å². The van der Waals surface area contributed by atoms with Crippen LogP contribution in [0.25, 0.3) is 0 Å². The molecule has 2 aromatic carbocycles. The predicted octanol–water partition coefficient (Wildman–Crippen LogP) is 2.73. The lowest BCUT2D eigenvalue weighted by molar-refractivity contribution is 0.102. The van der Waals surface area contributed by atoms with Crippen molar-refractivity contribution in [1.82, 2.24) is 0 Å². The van der Waals surface area contributed by atoms with Crippen LogP contribution < -0.4 is 16.0 Å². The molecule has 104 valence electrons. The van der Waals surface area contributed by atoms with E-state index in [9.17, 15) is 9.18 Å². The Kier molecular flexibility index (Phi) is 3.89. The fraction of sp³-hybridized carbons (Fsp3) is 0.133. The first-order valence-electron chi connectivity index (χ1n) is 6.11. The third kappa shape index (κ3) is 3.06. The zero-order valence-corrected chi connectivity index (χ0v) is 11.4. The van der Waals surface area contributed by atoms with E-state index in [1.54, 1.807) is 6.07 Å². The molecule has 0 aliphatic heterocycles. The van der Waals surface area contributed by atoms with E-state index in [1.807, 2.05) is 37.2 Å². The number of benzene rings is 2. The van der Waals surface area contributed by atoms with Gasteiger partial charge in [-0.3, -0.25) is 4.79 Å². The number of amides is 1. The van der Waals surface area contributed by atoms with Gasteiger partial charge in [-0.15, -0.1) is 0 Å². The summed E-state index contributed by atoms with van der Waals surface area (Å²) in [6.45, 7) is 0. The molecule has 0 aliphatic carbocycles. The van der Waals surface area contributed by atoms with Gasteiger partial charge in [0.15, 0.2) is 0 Å². The molecule has 0 radical (unpaired) electrons. The fourth-order valence-corrected chi connectivity index (χ4v) is 1.78. The molecule has 0 unspecified atom stereocenters. The van der Waals surface area contributed by atoms with Gasteiger partial charge in [0.2, 0.25) is 0 Å². The molecular weight excluding hydrogens is 257 g/mol. The Bertz CT molecular complexity index is 641. The smallest absolute Gasteiger partial charge is 0.258 e. The molecule has 0 fully saturated rings. The number of nitrogens with zero attached hydrogens (tertiary/aromatic N) is 1. The van der Waals surface area contributed by atoms with Crippen LogP contribution in [0.15, 0.2) is 42.5 Å². The highest BCUT2D eigenvalue weighted by atomic mass is 19.1. The molecule has 0 aromatic heterocycles. The lowest BCUT2D eigenvalue weighted by atomic mass is 10.1.